The van der Waals surface area contributed by atoms with Crippen LogP contribution in [-0.2, 0) is 0 Å². The Kier molecular flexibility index (Phi) is 7.81. The fourth-order valence-corrected chi connectivity index (χ4v) is 7.86. The maximum Gasteiger partial charge on any atom is 0.256 e. The Morgan fingerprint density at radius 1 is 0.898 bits per heavy atom. The summed E-state index contributed by atoms with van der Waals surface area (Å²) in [6.45, 7) is 2.57. The van der Waals surface area contributed by atoms with Gasteiger partial charge in [0.2, 0.25) is 5.43 Å². The zero-order valence-corrected chi connectivity index (χ0v) is 27.2. The number of hydrazine groups is 1. The molecule has 4 heterocycles. The second kappa shape index (κ2) is 12.2. The van der Waals surface area contributed by atoms with E-state index < -0.39 is 17.2 Å². The summed E-state index contributed by atoms with van der Waals surface area (Å²) in [7, 11) is 2.06. The number of aromatic nitrogens is 1. The number of nitrogens with one attached hydrogen (secondary N) is 2. The van der Waals surface area contributed by atoms with Gasteiger partial charge in [0, 0.05) is 59.5 Å². The van der Waals surface area contributed by atoms with E-state index in [4.69, 9.17) is 10.3 Å². The standard InChI is InChI=1S/C37H37FN6O5/c1-42-14-4-6-20(42)10-13-41-37(48)27-19-43-29-17-24-25(34(46)23-9-3-2-8-22(23)33(24)45)18-30(29)49-36-31(28(38)16-26(32(36)43)35(27)47)40-12-11-21-7-5-15-44(21)39/h2-3,8-9,16-21,40H,4-7,10-15,39H2,1H3,(H,41,48). The van der Waals surface area contributed by atoms with Gasteiger partial charge in [-0.1, -0.05) is 24.3 Å². The molecule has 0 bridgehead atoms. The number of halogens is 1. The number of hydrogen-bond donors (Lipinski definition) is 3. The van der Waals surface area contributed by atoms with Gasteiger partial charge in [0.25, 0.3) is 5.91 Å². The van der Waals surface area contributed by atoms with E-state index in [2.05, 4.69) is 22.6 Å². The number of hydrogen-bond acceptors (Lipinski definition) is 9. The predicted molar refractivity (Wildman–Crippen MR) is 189 cm³/mol. The monoisotopic (exact) mass is 664 g/mol. The number of rotatable bonds is 8. The number of carbonyl (C=O) groups is 1. The van der Waals surface area contributed by atoms with Crippen LogP contribution in [0.3, 0.4) is 0 Å². The maximum absolute atomic E-state index is 16.0. The van der Waals surface area contributed by atoms with E-state index in [9.17, 15) is 19.2 Å². The molecule has 0 aliphatic carbocycles. The molecule has 12 heteroatoms. The van der Waals surface area contributed by atoms with Crippen LogP contribution in [0.1, 0.15) is 48.9 Å². The number of anilines is 1. The van der Waals surface area contributed by atoms with E-state index in [1.165, 1.54) is 12.3 Å². The van der Waals surface area contributed by atoms with Gasteiger partial charge in [-0.15, -0.1) is 0 Å². The molecule has 1 amide bonds. The minimum Gasteiger partial charge on any atom is -0.451 e. The largest absolute Gasteiger partial charge is 0.451 e. The first-order valence-electron chi connectivity index (χ1n) is 16.9. The summed E-state index contributed by atoms with van der Waals surface area (Å²) in [6, 6.07) is 11.3. The Labute approximate surface area is 279 Å². The molecular formula is C37H37FN6O5. The fourth-order valence-electron chi connectivity index (χ4n) is 7.86. The SMILES string of the molecule is CN1CCCC1CCNC(=O)c1cn2c3cc4c(=O)c5ccccc5c(=O)c4cc3oc3c(NCCC4CCCN4N)c(F)cc(c1=O)c32. The van der Waals surface area contributed by atoms with Crippen molar-refractivity contribution in [1.82, 2.24) is 19.6 Å². The molecule has 2 fully saturated rings. The van der Waals surface area contributed by atoms with Gasteiger partial charge in [0.15, 0.2) is 27.8 Å². The Bertz CT molecular complexity index is 2480. The van der Waals surface area contributed by atoms with Crippen LogP contribution in [0.2, 0.25) is 0 Å². The predicted octanol–water partition coefficient (Wildman–Crippen LogP) is 4.16. The van der Waals surface area contributed by atoms with Crippen LogP contribution < -0.4 is 32.8 Å². The van der Waals surface area contributed by atoms with E-state index >= 15 is 4.39 Å². The Balaban J connectivity index is 1.31. The molecule has 4 aromatic carbocycles. The molecule has 49 heavy (non-hydrogen) atoms. The minimum absolute atomic E-state index is 0.0405. The van der Waals surface area contributed by atoms with Gasteiger partial charge >= 0.3 is 0 Å². The molecule has 4 N–H and O–H groups in total. The highest BCUT2D eigenvalue weighted by Gasteiger charge is 2.26. The number of amides is 1. The van der Waals surface area contributed by atoms with Gasteiger partial charge in [0.05, 0.1) is 10.9 Å². The molecule has 2 aromatic heterocycles. The summed E-state index contributed by atoms with van der Waals surface area (Å²) >= 11 is 0. The summed E-state index contributed by atoms with van der Waals surface area (Å²) in [5.41, 5.74) is -0.566. The van der Waals surface area contributed by atoms with Crippen LogP contribution in [-0.4, -0.2) is 65.5 Å². The van der Waals surface area contributed by atoms with Crippen molar-refractivity contribution in [1.29, 1.82) is 0 Å². The summed E-state index contributed by atoms with van der Waals surface area (Å²) < 4.78 is 24.0. The lowest BCUT2D eigenvalue weighted by Gasteiger charge is -2.20. The van der Waals surface area contributed by atoms with Crippen LogP contribution in [0.25, 0.3) is 49.1 Å². The van der Waals surface area contributed by atoms with E-state index in [-0.39, 0.29) is 61.0 Å². The lowest BCUT2D eigenvalue weighted by atomic mass is 10.0. The summed E-state index contributed by atoms with van der Waals surface area (Å²) in [4.78, 5) is 57.0. The van der Waals surface area contributed by atoms with E-state index in [1.807, 2.05) is 0 Å². The van der Waals surface area contributed by atoms with Gasteiger partial charge in [0.1, 0.15) is 16.8 Å². The molecule has 2 saturated heterocycles. The zero-order chi connectivity index (χ0) is 34.0. The Morgan fingerprint density at radius 2 is 1.59 bits per heavy atom. The van der Waals surface area contributed by atoms with Crippen LogP contribution >= 0.6 is 0 Å². The van der Waals surface area contributed by atoms with Crippen molar-refractivity contribution < 1.29 is 13.6 Å². The maximum atomic E-state index is 16.0. The van der Waals surface area contributed by atoms with Crippen LogP contribution in [0.4, 0.5) is 10.1 Å². The highest BCUT2D eigenvalue weighted by molar-refractivity contribution is 6.08. The van der Waals surface area contributed by atoms with Gasteiger partial charge in [-0.2, -0.15) is 0 Å². The minimum atomic E-state index is -0.717. The topological polar surface area (TPSA) is 142 Å². The van der Waals surface area contributed by atoms with E-state index in [0.29, 0.717) is 41.8 Å². The molecule has 0 spiro atoms. The van der Waals surface area contributed by atoms with Crippen molar-refractivity contribution in [2.45, 2.75) is 50.6 Å². The first-order chi connectivity index (χ1) is 23.7. The second-order valence-corrected chi connectivity index (χ2v) is 13.4. The summed E-state index contributed by atoms with van der Waals surface area (Å²) in [5.74, 6) is 4.82. The molecule has 252 valence electrons. The van der Waals surface area contributed by atoms with Crippen LogP contribution in [0.5, 0.6) is 0 Å². The number of carbonyl (C=O) groups excluding carboxylic acids is 1. The number of benzene rings is 4. The highest BCUT2D eigenvalue weighted by atomic mass is 19.1. The third-order valence-corrected chi connectivity index (χ3v) is 10.6. The molecule has 8 rings (SSSR count). The fraction of sp³-hybridized carbons (Fsp3) is 0.351. The van der Waals surface area contributed by atoms with Crippen molar-refractivity contribution in [3.05, 3.63) is 90.7 Å². The van der Waals surface area contributed by atoms with E-state index in [1.54, 1.807) is 39.7 Å². The van der Waals surface area contributed by atoms with Gasteiger partial charge in [-0.25, -0.2) is 9.40 Å². The second-order valence-electron chi connectivity index (χ2n) is 13.4. The number of nitrogens with zero attached hydrogens (tertiary/aromatic N) is 3. The average molecular weight is 665 g/mol. The first kappa shape index (κ1) is 31.4. The lowest BCUT2D eigenvalue weighted by molar-refractivity contribution is 0.0949. The lowest BCUT2D eigenvalue weighted by Crippen LogP contribution is -2.36. The highest BCUT2D eigenvalue weighted by Crippen LogP contribution is 2.35. The molecule has 11 nitrogen and oxygen atoms in total. The first-order valence-corrected chi connectivity index (χ1v) is 16.9. The van der Waals surface area contributed by atoms with Crippen molar-refractivity contribution in [2.75, 3.05) is 38.5 Å². The van der Waals surface area contributed by atoms with Crippen LogP contribution in [0.15, 0.2) is 67.5 Å². The van der Waals surface area contributed by atoms with Crippen molar-refractivity contribution in [2.24, 2.45) is 5.84 Å². The average Bonchev–Trinajstić information content (AvgIpc) is 3.71. The Morgan fingerprint density at radius 3 is 2.29 bits per heavy atom. The van der Waals surface area contributed by atoms with Gasteiger partial charge in [-0.3, -0.25) is 25.0 Å². The Hall–Kier alpha value is -4.91. The molecule has 2 atom stereocenters. The number of nitrogens with two attached hydrogens (primary N) is 1. The third-order valence-electron chi connectivity index (χ3n) is 10.6. The third kappa shape index (κ3) is 5.22. The number of pyridine rings is 1. The molecular weight excluding hydrogens is 627 g/mol. The van der Waals surface area contributed by atoms with Gasteiger partial charge in [-0.05, 0) is 70.3 Å². The summed E-state index contributed by atoms with van der Waals surface area (Å²) in [5, 5.41) is 8.73. The summed E-state index contributed by atoms with van der Waals surface area (Å²) in [6.07, 6.45) is 6.91. The van der Waals surface area contributed by atoms with Crippen molar-refractivity contribution in [3.63, 3.8) is 0 Å². The van der Waals surface area contributed by atoms with Crippen LogP contribution in [0, 0.1) is 5.82 Å². The molecule has 2 aliphatic heterocycles. The molecule has 2 aliphatic rings. The molecule has 6 aromatic rings. The molecule has 2 unspecified atom stereocenters. The van der Waals surface area contributed by atoms with E-state index in [0.717, 1.165) is 51.3 Å². The normalized spacial score (nSPS) is 18.9. The quantitative estimate of drug-likeness (QED) is 0.124. The number of fused-ring (bicyclic) bond motifs is 4. The number of likely N-dealkylation sites (tertiary alicyclic amines) is 1. The van der Waals surface area contributed by atoms with Crippen molar-refractivity contribution in [3.8, 4) is 0 Å². The molecule has 0 radical (unpaired) electrons. The zero-order valence-electron chi connectivity index (χ0n) is 27.2. The van der Waals surface area contributed by atoms with Gasteiger partial charge < -0.3 is 24.4 Å². The smallest absolute Gasteiger partial charge is 0.256 e. The molecule has 0 saturated carbocycles. The van der Waals surface area contributed by atoms with Crippen molar-refractivity contribution >= 4 is 60.7 Å².